The van der Waals surface area contributed by atoms with Crippen LogP contribution in [-0.2, 0) is 24.0 Å². The number of hydrogen-bond donors (Lipinski definition) is 5. The van der Waals surface area contributed by atoms with Gasteiger partial charge in [0.1, 0.15) is 18.1 Å². The Labute approximate surface area is 175 Å². The van der Waals surface area contributed by atoms with E-state index in [1.165, 1.54) is 11.8 Å². The number of nitrogens with two attached hydrogens (primary N) is 1. The molecule has 0 aromatic heterocycles. The van der Waals surface area contributed by atoms with Crippen LogP contribution in [0.2, 0.25) is 0 Å². The maximum absolute atomic E-state index is 12.8. The lowest BCUT2D eigenvalue weighted by Gasteiger charge is -2.29. The van der Waals surface area contributed by atoms with Crippen molar-refractivity contribution < 1.29 is 34.2 Å². The van der Waals surface area contributed by atoms with Crippen LogP contribution in [0, 0.1) is 5.92 Å². The van der Waals surface area contributed by atoms with E-state index in [0.717, 1.165) is 0 Å². The summed E-state index contributed by atoms with van der Waals surface area (Å²) in [6.45, 7) is 5.53. The minimum absolute atomic E-state index is 0.0589. The second-order valence-electron chi connectivity index (χ2n) is 7.66. The van der Waals surface area contributed by atoms with Gasteiger partial charge in [0, 0.05) is 13.0 Å². The summed E-state index contributed by atoms with van der Waals surface area (Å²) in [4.78, 5) is 60.9. The second kappa shape index (κ2) is 11.5. The van der Waals surface area contributed by atoms with E-state index in [1.54, 1.807) is 0 Å². The van der Waals surface area contributed by atoms with Gasteiger partial charge in [-0.2, -0.15) is 0 Å². The molecule has 0 saturated carbocycles. The zero-order valence-corrected chi connectivity index (χ0v) is 17.6. The highest BCUT2D eigenvalue weighted by molar-refractivity contribution is 5.94. The van der Waals surface area contributed by atoms with E-state index in [-0.39, 0.29) is 12.3 Å². The number of amides is 3. The van der Waals surface area contributed by atoms with Crippen molar-refractivity contribution in [2.45, 2.75) is 77.0 Å². The minimum Gasteiger partial charge on any atom is -0.481 e. The molecule has 11 nitrogen and oxygen atoms in total. The van der Waals surface area contributed by atoms with Crippen molar-refractivity contribution >= 4 is 29.7 Å². The van der Waals surface area contributed by atoms with Crippen LogP contribution in [0.5, 0.6) is 0 Å². The van der Waals surface area contributed by atoms with Crippen LogP contribution >= 0.6 is 0 Å². The van der Waals surface area contributed by atoms with Gasteiger partial charge in [-0.25, -0.2) is 4.79 Å². The van der Waals surface area contributed by atoms with E-state index in [4.69, 9.17) is 10.8 Å². The molecule has 5 atom stereocenters. The Kier molecular flexibility index (Phi) is 9.70. The molecule has 0 aromatic rings. The molecule has 0 radical (unpaired) electrons. The first-order valence-electron chi connectivity index (χ1n) is 10.1. The van der Waals surface area contributed by atoms with Crippen LogP contribution < -0.4 is 16.4 Å². The third kappa shape index (κ3) is 6.97. The fraction of sp³-hybridized carbons (Fsp3) is 0.737. The molecule has 0 bridgehead atoms. The maximum atomic E-state index is 12.8. The van der Waals surface area contributed by atoms with Crippen molar-refractivity contribution in [1.82, 2.24) is 15.5 Å². The Hall–Kier alpha value is -2.69. The predicted octanol–water partition coefficient (Wildman–Crippen LogP) is -0.710. The molecule has 1 saturated heterocycles. The van der Waals surface area contributed by atoms with Crippen LogP contribution in [0.4, 0.5) is 0 Å². The molecule has 1 rings (SSSR count). The highest BCUT2D eigenvalue weighted by Crippen LogP contribution is 2.19. The summed E-state index contributed by atoms with van der Waals surface area (Å²) in [6, 6.07) is -3.90. The number of aliphatic carboxylic acids is 2. The molecule has 5 unspecified atom stereocenters. The predicted molar refractivity (Wildman–Crippen MR) is 106 cm³/mol. The molecule has 0 spiro atoms. The number of carboxylic acids is 2. The molecule has 30 heavy (non-hydrogen) atoms. The first-order valence-corrected chi connectivity index (χ1v) is 10.1. The lowest BCUT2D eigenvalue weighted by Crippen LogP contribution is -2.56. The van der Waals surface area contributed by atoms with Crippen LogP contribution in [0.15, 0.2) is 0 Å². The van der Waals surface area contributed by atoms with E-state index in [0.29, 0.717) is 25.8 Å². The summed E-state index contributed by atoms with van der Waals surface area (Å²) in [6.07, 6.45) is 0.915. The monoisotopic (exact) mass is 428 g/mol. The molecule has 11 heteroatoms. The van der Waals surface area contributed by atoms with Gasteiger partial charge in [0.2, 0.25) is 17.7 Å². The summed E-state index contributed by atoms with van der Waals surface area (Å²) < 4.78 is 0. The number of rotatable bonds is 11. The quantitative estimate of drug-likeness (QED) is 0.286. The van der Waals surface area contributed by atoms with Gasteiger partial charge < -0.3 is 31.5 Å². The molecule has 1 fully saturated rings. The molecule has 0 aliphatic carbocycles. The normalized spacial score (nSPS) is 20.0. The third-order valence-electron chi connectivity index (χ3n) is 5.39. The summed E-state index contributed by atoms with van der Waals surface area (Å²) >= 11 is 0. The number of hydrogen-bond acceptors (Lipinski definition) is 6. The summed E-state index contributed by atoms with van der Waals surface area (Å²) in [5.74, 6) is -4.15. The van der Waals surface area contributed by atoms with Gasteiger partial charge in [0.05, 0.1) is 6.04 Å². The molecule has 6 N–H and O–H groups in total. The van der Waals surface area contributed by atoms with Crippen LogP contribution in [-0.4, -0.2) is 75.5 Å². The fourth-order valence-corrected chi connectivity index (χ4v) is 3.23. The third-order valence-corrected chi connectivity index (χ3v) is 5.39. The fourth-order valence-electron chi connectivity index (χ4n) is 3.23. The smallest absolute Gasteiger partial charge is 0.326 e. The highest BCUT2D eigenvalue weighted by atomic mass is 16.4. The molecule has 1 heterocycles. The van der Waals surface area contributed by atoms with E-state index in [1.807, 2.05) is 13.8 Å². The molecule has 3 amide bonds. The Bertz CT molecular complexity index is 669. The standard InChI is InChI=1S/C19H32N4O7/c1-4-10(2)15(20)17(27)21-11(3)18(28)23-9-5-6-13(23)16(26)22-12(19(29)30)7-8-14(24)25/h10-13,15H,4-9,20H2,1-3H3,(H,21,27)(H,22,26)(H,24,25)(H,29,30). The summed E-state index contributed by atoms with van der Waals surface area (Å²) in [7, 11) is 0. The number of carbonyl (C=O) groups excluding carboxylic acids is 3. The Balaban J connectivity index is 2.76. The average molecular weight is 428 g/mol. The number of carboxylic acid groups (broad SMARTS) is 2. The van der Waals surface area contributed by atoms with Crippen molar-refractivity contribution in [3.63, 3.8) is 0 Å². The average Bonchev–Trinajstić information content (AvgIpc) is 3.18. The van der Waals surface area contributed by atoms with Gasteiger partial charge in [0.15, 0.2) is 0 Å². The van der Waals surface area contributed by atoms with Crippen molar-refractivity contribution in [3.8, 4) is 0 Å². The molecule has 1 aliphatic rings. The zero-order valence-electron chi connectivity index (χ0n) is 17.6. The second-order valence-corrected chi connectivity index (χ2v) is 7.66. The number of nitrogens with zero attached hydrogens (tertiary/aromatic N) is 1. The maximum Gasteiger partial charge on any atom is 0.326 e. The zero-order chi connectivity index (χ0) is 23.0. The van der Waals surface area contributed by atoms with Crippen molar-refractivity contribution in [2.75, 3.05) is 6.54 Å². The van der Waals surface area contributed by atoms with Crippen LogP contribution in [0.3, 0.4) is 0 Å². The van der Waals surface area contributed by atoms with Crippen molar-refractivity contribution in [1.29, 1.82) is 0 Å². The Morgan fingerprint density at radius 2 is 1.77 bits per heavy atom. The molecular formula is C19H32N4O7. The summed E-state index contributed by atoms with van der Waals surface area (Å²) in [5, 5.41) is 22.8. The van der Waals surface area contributed by atoms with Gasteiger partial charge >= 0.3 is 11.9 Å². The van der Waals surface area contributed by atoms with Gasteiger partial charge in [-0.1, -0.05) is 20.3 Å². The van der Waals surface area contributed by atoms with E-state index in [2.05, 4.69) is 10.6 Å². The Morgan fingerprint density at radius 1 is 1.13 bits per heavy atom. The van der Waals surface area contributed by atoms with Gasteiger partial charge in [-0.3, -0.25) is 19.2 Å². The van der Waals surface area contributed by atoms with Gasteiger partial charge in [0.25, 0.3) is 0 Å². The van der Waals surface area contributed by atoms with Crippen molar-refractivity contribution in [3.05, 3.63) is 0 Å². The topological polar surface area (TPSA) is 179 Å². The van der Waals surface area contributed by atoms with Crippen molar-refractivity contribution in [2.24, 2.45) is 11.7 Å². The largest absolute Gasteiger partial charge is 0.481 e. The number of likely N-dealkylation sites (tertiary alicyclic amines) is 1. The SMILES string of the molecule is CCC(C)C(N)C(=O)NC(C)C(=O)N1CCCC1C(=O)NC(CCC(=O)O)C(=O)O. The van der Waals surface area contributed by atoms with Crippen LogP contribution in [0.1, 0.15) is 52.9 Å². The van der Waals surface area contributed by atoms with Gasteiger partial charge in [-0.05, 0) is 32.1 Å². The molecular weight excluding hydrogens is 396 g/mol. The molecule has 170 valence electrons. The lowest BCUT2D eigenvalue weighted by molar-refractivity contribution is -0.145. The number of carbonyl (C=O) groups is 5. The summed E-state index contributed by atoms with van der Waals surface area (Å²) in [5.41, 5.74) is 5.88. The van der Waals surface area contributed by atoms with Gasteiger partial charge in [-0.15, -0.1) is 0 Å². The Morgan fingerprint density at radius 3 is 2.30 bits per heavy atom. The molecule has 1 aliphatic heterocycles. The van der Waals surface area contributed by atoms with Crippen LogP contribution in [0.25, 0.3) is 0 Å². The highest BCUT2D eigenvalue weighted by Gasteiger charge is 2.38. The first-order chi connectivity index (χ1) is 14.0. The van der Waals surface area contributed by atoms with E-state index >= 15 is 0 Å². The first kappa shape index (κ1) is 25.3. The van der Waals surface area contributed by atoms with E-state index < -0.39 is 60.2 Å². The molecule has 0 aromatic carbocycles. The number of nitrogens with one attached hydrogen (secondary N) is 2. The van der Waals surface area contributed by atoms with E-state index in [9.17, 15) is 29.1 Å². The lowest BCUT2D eigenvalue weighted by atomic mass is 9.99. The minimum atomic E-state index is -1.36.